The van der Waals surface area contributed by atoms with Gasteiger partial charge in [-0.1, -0.05) is 30.3 Å². The third kappa shape index (κ3) is 5.70. The molecule has 0 spiro atoms. The zero-order valence-electron chi connectivity index (χ0n) is 24.3. The van der Waals surface area contributed by atoms with Crippen LogP contribution in [0.4, 0.5) is 0 Å². The topological polar surface area (TPSA) is 84.2 Å². The zero-order chi connectivity index (χ0) is 27.9. The second-order valence-corrected chi connectivity index (χ2v) is 13.0. The third-order valence-electron chi connectivity index (χ3n) is 7.63. The fraction of sp³-hybridized carbons (Fsp3) is 0.515. The molecular formula is C33H42N2O4. The number of carbonyl (C=O) groups excluding carboxylic acids is 2. The van der Waals surface area contributed by atoms with Crippen LogP contribution in [0.3, 0.4) is 0 Å². The number of aromatic nitrogens is 2. The van der Waals surface area contributed by atoms with Crippen LogP contribution in [-0.4, -0.2) is 33.1 Å². The summed E-state index contributed by atoms with van der Waals surface area (Å²) in [6, 6.07) is 10.4. The van der Waals surface area contributed by atoms with Gasteiger partial charge in [0.1, 0.15) is 22.6 Å². The van der Waals surface area contributed by atoms with Crippen LogP contribution in [-0.2, 0) is 35.2 Å². The lowest BCUT2D eigenvalue weighted by molar-refractivity contribution is 0.00498. The molecule has 0 atom stereocenters. The summed E-state index contributed by atoms with van der Waals surface area (Å²) in [6.07, 6.45) is 7.80. The number of ether oxygens (including phenoxy) is 2. The van der Waals surface area contributed by atoms with E-state index in [9.17, 15) is 9.59 Å². The largest absolute Gasteiger partial charge is 0.455 e. The van der Waals surface area contributed by atoms with Gasteiger partial charge >= 0.3 is 11.9 Å². The van der Waals surface area contributed by atoms with Crippen molar-refractivity contribution in [3.05, 3.63) is 80.9 Å². The van der Waals surface area contributed by atoms with Crippen LogP contribution in [0.5, 0.6) is 0 Å². The molecule has 0 saturated heterocycles. The molecule has 6 heteroatoms. The first-order valence-corrected chi connectivity index (χ1v) is 14.4. The normalized spacial score (nSPS) is 15.6. The predicted octanol–water partition coefficient (Wildman–Crippen LogP) is 7.19. The van der Waals surface area contributed by atoms with E-state index in [1.807, 2.05) is 47.6 Å². The maximum absolute atomic E-state index is 13.4. The van der Waals surface area contributed by atoms with E-state index in [1.54, 1.807) is 0 Å². The minimum Gasteiger partial charge on any atom is -0.455 e. The summed E-state index contributed by atoms with van der Waals surface area (Å²) >= 11 is 0. The van der Waals surface area contributed by atoms with Crippen molar-refractivity contribution in [3.8, 4) is 0 Å². The Balaban J connectivity index is 1.70. The summed E-state index contributed by atoms with van der Waals surface area (Å²) in [5.41, 5.74) is 7.76. The average Bonchev–Trinajstić information content (AvgIpc) is 3.43. The van der Waals surface area contributed by atoms with Crippen molar-refractivity contribution in [2.75, 3.05) is 0 Å². The SMILES string of the molecule is CC(C)(C)OC(=O)c1[nH]c(C(c2ccccc2)c2[nH]c(C(=O)OC(C)(C)C)c3c2CCCC3)c2c1CCCC2. The van der Waals surface area contributed by atoms with Crippen molar-refractivity contribution in [2.45, 2.75) is 110 Å². The Kier molecular flexibility index (Phi) is 7.25. The number of esters is 2. The lowest BCUT2D eigenvalue weighted by Crippen LogP contribution is -2.25. The van der Waals surface area contributed by atoms with Gasteiger partial charge in [-0.05, 0) is 121 Å². The van der Waals surface area contributed by atoms with Crippen LogP contribution in [0, 0.1) is 0 Å². The number of hydrogen-bond acceptors (Lipinski definition) is 4. The van der Waals surface area contributed by atoms with Gasteiger partial charge in [-0.15, -0.1) is 0 Å². The first-order chi connectivity index (χ1) is 18.4. The molecule has 2 aliphatic rings. The number of fused-ring (bicyclic) bond motifs is 2. The summed E-state index contributed by atoms with van der Waals surface area (Å²) in [5, 5.41) is 0. The van der Waals surface area contributed by atoms with Gasteiger partial charge in [0.2, 0.25) is 0 Å². The van der Waals surface area contributed by atoms with Crippen molar-refractivity contribution in [2.24, 2.45) is 0 Å². The smallest absolute Gasteiger partial charge is 0.355 e. The third-order valence-corrected chi connectivity index (χ3v) is 7.63. The Morgan fingerprint density at radius 3 is 1.41 bits per heavy atom. The van der Waals surface area contributed by atoms with Crippen molar-refractivity contribution in [1.29, 1.82) is 0 Å². The van der Waals surface area contributed by atoms with E-state index in [4.69, 9.17) is 9.47 Å². The molecule has 0 unspecified atom stereocenters. The van der Waals surface area contributed by atoms with Crippen LogP contribution in [0.1, 0.15) is 133 Å². The molecule has 0 radical (unpaired) electrons. The lowest BCUT2D eigenvalue weighted by atomic mass is 9.82. The molecule has 0 bridgehead atoms. The Bertz CT molecular complexity index is 1280. The molecule has 2 N–H and O–H groups in total. The summed E-state index contributed by atoms with van der Waals surface area (Å²) < 4.78 is 11.7. The van der Waals surface area contributed by atoms with Gasteiger partial charge in [-0.25, -0.2) is 9.59 Å². The van der Waals surface area contributed by atoms with E-state index in [-0.39, 0.29) is 17.9 Å². The minimum atomic E-state index is -0.580. The maximum Gasteiger partial charge on any atom is 0.355 e. The van der Waals surface area contributed by atoms with E-state index in [1.165, 1.54) is 11.1 Å². The van der Waals surface area contributed by atoms with Crippen LogP contribution < -0.4 is 0 Å². The number of rotatable bonds is 5. The summed E-state index contributed by atoms with van der Waals surface area (Å²) in [4.78, 5) is 33.9. The van der Waals surface area contributed by atoms with Gasteiger partial charge < -0.3 is 19.4 Å². The van der Waals surface area contributed by atoms with Gasteiger partial charge in [0.05, 0.1) is 5.92 Å². The molecule has 0 fully saturated rings. The zero-order valence-corrected chi connectivity index (χ0v) is 24.3. The van der Waals surface area contributed by atoms with E-state index >= 15 is 0 Å². The van der Waals surface area contributed by atoms with Crippen LogP contribution >= 0.6 is 0 Å². The van der Waals surface area contributed by atoms with E-state index in [2.05, 4.69) is 34.2 Å². The molecule has 1 aromatic carbocycles. The number of aromatic amines is 2. The first kappa shape index (κ1) is 27.3. The molecule has 3 aromatic rings. The van der Waals surface area contributed by atoms with Crippen molar-refractivity contribution in [1.82, 2.24) is 9.97 Å². The molecule has 0 aliphatic heterocycles. The summed E-state index contributed by atoms with van der Waals surface area (Å²) in [5.74, 6) is -0.777. The van der Waals surface area contributed by atoms with E-state index in [0.29, 0.717) is 11.4 Å². The molecule has 2 aromatic heterocycles. The maximum atomic E-state index is 13.4. The highest BCUT2D eigenvalue weighted by molar-refractivity contribution is 5.91. The molecule has 6 nitrogen and oxygen atoms in total. The fourth-order valence-corrected chi connectivity index (χ4v) is 6.15. The first-order valence-electron chi connectivity index (χ1n) is 14.4. The molecule has 2 aliphatic carbocycles. The second kappa shape index (κ2) is 10.4. The van der Waals surface area contributed by atoms with Gasteiger partial charge in [0.25, 0.3) is 0 Å². The van der Waals surface area contributed by atoms with E-state index in [0.717, 1.165) is 79.4 Å². The van der Waals surface area contributed by atoms with Crippen molar-refractivity contribution >= 4 is 11.9 Å². The molecule has 5 rings (SSSR count). The molecule has 0 saturated carbocycles. The minimum absolute atomic E-state index is 0.169. The van der Waals surface area contributed by atoms with Crippen LogP contribution in [0.2, 0.25) is 0 Å². The Morgan fingerprint density at radius 2 is 1.03 bits per heavy atom. The van der Waals surface area contributed by atoms with Crippen LogP contribution in [0.25, 0.3) is 0 Å². The number of benzene rings is 1. The van der Waals surface area contributed by atoms with Crippen LogP contribution in [0.15, 0.2) is 30.3 Å². The Hall–Kier alpha value is -3.28. The molecule has 0 amide bonds. The number of hydrogen-bond donors (Lipinski definition) is 2. The second-order valence-electron chi connectivity index (χ2n) is 13.0. The fourth-order valence-electron chi connectivity index (χ4n) is 6.15. The lowest BCUT2D eigenvalue weighted by Gasteiger charge is -2.23. The highest BCUT2D eigenvalue weighted by atomic mass is 16.6. The predicted molar refractivity (Wildman–Crippen MR) is 153 cm³/mol. The number of carbonyl (C=O) groups is 2. The van der Waals surface area contributed by atoms with Crippen molar-refractivity contribution < 1.29 is 19.1 Å². The highest BCUT2D eigenvalue weighted by Gasteiger charge is 2.36. The number of nitrogens with one attached hydrogen (secondary N) is 2. The molecule has 208 valence electrons. The molecule has 2 heterocycles. The number of H-pyrrole nitrogens is 2. The monoisotopic (exact) mass is 530 g/mol. The Morgan fingerprint density at radius 1 is 0.641 bits per heavy atom. The molecule has 39 heavy (non-hydrogen) atoms. The quantitative estimate of drug-likeness (QED) is 0.342. The highest BCUT2D eigenvalue weighted by Crippen LogP contribution is 2.42. The Labute approximate surface area is 231 Å². The summed E-state index contributed by atoms with van der Waals surface area (Å²) in [6.45, 7) is 11.4. The van der Waals surface area contributed by atoms with Gasteiger partial charge in [-0.3, -0.25) is 0 Å². The molecular weight excluding hydrogens is 488 g/mol. The van der Waals surface area contributed by atoms with E-state index < -0.39 is 11.2 Å². The van der Waals surface area contributed by atoms with Gasteiger partial charge in [0.15, 0.2) is 0 Å². The summed E-state index contributed by atoms with van der Waals surface area (Å²) in [7, 11) is 0. The standard InChI is InChI=1S/C33H42N2O4/c1-32(2,3)38-30(36)28-23-18-12-10-16-21(23)26(34-28)25(20-14-8-7-9-15-20)27-22-17-11-13-19-24(22)29(35-27)31(37)39-33(4,5)6/h7-9,14-15,25,34-35H,10-13,16-19H2,1-6H3. The van der Waals surface area contributed by atoms with Crippen molar-refractivity contribution in [3.63, 3.8) is 0 Å². The van der Waals surface area contributed by atoms with Gasteiger partial charge in [0, 0.05) is 11.4 Å². The van der Waals surface area contributed by atoms with Gasteiger partial charge in [-0.2, -0.15) is 0 Å². The average molecular weight is 531 g/mol.